The molecule has 0 saturated heterocycles. The van der Waals surface area contributed by atoms with E-state index in [1.807, 2.05) is 0 Å². The summed E-state index contributed by atoms with van der Waals surface area (Å²) >= 11 is 1.71. The SMILES string of the molecule is c1ccc2c(c1)ccsccc1ccccc12. The zero-order chi connectivity index (χ0) is 11.5. The maximum Gasteiger partial charge on any atom is -0.00875 e. The molecule has 82 valence electrons. The molecule has 0 amide bonds. The largest absolute Gasteiger partial charge is 0.152 e. The van der Waals surface area contributed by atoms with E-state index in [9.17, 15) is 0 Å². The Balaban J connectivity index is 2.63. The van der Waals surface area contributed by atoms with Gasteiger partial charge in [-0.25, -0.2) is 0 Å². The van der Waals surface area contributed by atoms with E-state index >= 15 is 0 Å². The smallest absolute Gasteiger partial charge is 0.00875 e. The fourth-order valence-corrected chi connectivity index (χ4v) is 2.59. The van der Waals surface area contributed by atoms with Gasteiger partial charge < -0.3 is 0 Å². The van der Waals surface area contributed by atoms with E-state index in [4.69, 9.17) is 0 Å². The van der Waals surface area contributed by atoms with Crippen molar-refractivity contribution in [2.24, 2.45) is 0 Å². The number of hydrogen-bond donors (Lipinski definition) is 0. The zero-order valence-electron chi connectivity index (χ0n) is 9.34. The first-order valence-electron chi connectivity index (χ1n) is 5.62. The molecule has 1 heterocycles. The van der Waals surface area contributed by atoms with Crippen LogP contribution in [0.4, 0.5) is 0 Å². The average Bonchev–Trinajstić information content (AvgIpc) is 2.47. The van der Waals surface area contributed by atoms with Crippen LogP contribution in [0.15, 0.2) is 71.4 Å². The summed E-state index contributed by atoms with van der Waals surface area (Å²) in [4.78, 5) is 0. The molecule has 2 aromatic carbocycles. The summed E-state index contributed by atoms with van der Waals surface area (Å²) in [7, 11) is 0. The van der Waals surface area contributed by atoms with Crippen molar-refractivity contribution in [1.29, 1.82) is 0 Å². The second-order valence-electron chi connectivity index (χ2n) is 3.92. The third-order valence-corrected chi connectivity index (χ3v) is 3.45. The van der Waals surface area contributed by atoms with Crippen LogP contribution in [0, 0.1) is 0 Å². The van der Waals surface area contributed by atoms with E-state index in [1.165, 1.54) is 21.5 Å². The Labute approximate surface area is 104 Å². The number of fused-ring (bicyclic) bond motifs is 3. The summed E-state index contributed by atoms with van der Waals surface area (Å²) in [6, 6.07) is 21.4. The minimum Gasteiger partial charge on any atom is -0.152 e. The first kappa shape index (κ1) is 10.3. The molecule has 0 radical (unpaired) electrons. The van der Waals surface area contributed by atoms with Crippen molar-refractivity contribution >= 4 is 32.9 Å². The molecule has 1 heteroatoms. The van der Waals surface area contributed by atoms with Gasteiger partial charge in [0.05, 0.1) is 0 Å². The van der Waals surface area contributed by atoms with Crippen molar-refractivity contribution in [1.82, 2.24) is 0 Å². The molecule has 0 aliphatic carbocycles. The molecular formula is C16H12S. The first-order chi connectivity index (χ1) is 8.45. The fraction of sp³-hybridized carbons (Fsp3) is 0. The van der Waals surface area contributed by atoms with Crippen LogP contribution in [0.25, 0.3) is 21.5 Å². The molecule has 0 nitrogen and oxygen atoms in total. The third-order valence-electron chi connectivity index (χ3n) is 2.86. The summed E-state index contributed by atoms with van der Waals surface area (Å²) in [5, 5.41) is 9.40. The van der Waals surface area contributed by atoms with Gasteiger partial charge in [0.25, 0.3) is 0 Å². The molecule has 0 unspecified atom stereocenters. The molecule has 0 spiro atoms. The molecular weight excluding hydrogens is 224 g/mol. The van der Waals surface area contributed by atoms with Gasteiger partial charge >= 0.3 is 0 Å². The fourth-order valence-electron chi connectivity index (χ4n) is 2.05. The monoisotopic (exact) mass is 236 g/mol. The lowest BCUT2D eigenvalue weighted by Gasteiger charge is -1.97. The Hall–Kier alpha value is -1.86. The standard InChI is InChI=1S/C16H12S/c1-3-7-15-13(5-1)9-11-17-12-10-14-6-2-4-8-16(14)15/h1-12H. The van der Waals surface area contributed by atoms with Crippen LogP contribution in [-0.2, 0) is 0 Å². The predicted octanol–water partition coefficient (Wildman–Crippen LogP) is 5.18. The zero-order valence-corrected chi connectivity index (χ0v) is 10.2. The van der Waals surface area contributed by atoms with Crippen LogP contribution < -0.4 is 0 Å². The van der Waals surface area contributed by atoms with Crippen LogP contribution in [0.3, 0.4) is 0 Å². The molecule has 0 fully saturated rings. The van der Waals surface area contributed by atoms with Crippen LogP contribution in [0.2, 0.25) is 0 Å². The summed E-state index contributed by atoms with van der Waals surface area (Å²) in [6.07, 6.45) is 0. The minimum absolute atomic E-state index is 1.27. The van der Waals surface area contributed by atoms with Crippen molar-refractivity contribution in [3.05, 3.63) is 71.4 Å². The summed E-state index contributed by atoms with van der Waals surface area (Å²) in [5.41, 5.74) is 0. The highest BCUT2D eigenvalue weighted by molar-refractivity contribution is 7.07. The highest BCUT2D eigenvalue weighted by Crippen LogP contribution is 2.22. The normalized spacial score (nSPS) is 10.4. The Bertz CT molecular complexity index is 648. The van der Waals surface area contributed by atoms with Crippen molar-refractivity contribution < 1.29 is 0 Å². The molecule has 17 heavy (non-hydrogen) atoms. The van der Waals surface area contributed by atoms with Crippen LogP contribution in [0.5, 0.6) is 0 Å². The van der Waals surface area contributed by atoms with E-state index in [1.54, 1.807) is 11.3 Å². The lowest BCUT2D eigenvalue weighted by atomic mass is 10.1. The van der Waals surface area contributed by atoms with Gasteiger partial charge in [-0.15, -0.1) is 0 Å². The predicted molar refractivity (Wildman–Crippen MR) is 77.0 cm³/mol. The molecule has 0 aliphatic rings. The average molecular weight is 236 g/mol. The first-order valence-corrected chi connectivity index (χ1v) is 6.56. The summed E-state index contributed by atoms with van der Waals surface area (Å²) < 4.78 is 0. The van der Waals surface area contributed by atoms with Gasteiger partial charge in [-0.1, -0.05) is 48.5 Å². The van der Waals surface area contributed by atoms with Gasteiger partial charge in [0.1, 0.15) is 0 Å². The Morgan fingerprint density at radius 3 is 1.53 bits per heavy atom. The Kier molecular flexibility index (Phi) is 2.76. The number of benzene rings is 2. The highest BCUT2D eigenvalue weighted by Gasteiger charge is 1.94. The van der Waals surface area contributed by atoms with Crippen molar-refractivity contribution in [2.45, 2.75) is 0 Å². The van der Waals surface area contributed by atoms with E-state index in [0.29, 0.717) is 0 Å². The minimum atomic E-state index is 1.27. The highest BCUT2D eigenvalue weighted by atomic mass is 32.1. The Morgan fingerprint density at radius 1 is 0.529 bits per heavy atom. The quantitative estimate of drug-likeness (QED) is 0.504. The molecule has 0 N–H and O–H groups in total. The van der Waals surface area contributed by atoms with Gasteiger partial charge in [-0.05, 0) is 44.4 Å². The van der Waals surface area contributed by atoms with E-state index in [0.717, 1.165) is 0 Å². The molecule has 0 bridgehead atoms. The molecule has 0 atom stereocenters. The topological polar surface area (TPSA) is 0 Å². The lowest BCUT2D eigenvalue weighted by molar-refractivity contribution is 1.80. The van der Waals surface area contributed by atoms with Gasteiger partial charge in [0, 0.05) is 0 Å². The lowest BCUT2D eigenvalue weighted by Crippen LogP contribution is -1.71. The molecule has 3 rings (SSSR count). The number of rotatable bonds is 0. The summed E-state index contributed by atoms with van der Waals surface area (Å²) in [6.45, 7) is 0. The van der Waals surface area contributed by atoms with Gasteiger partial charge in [-0.2, -0.15) is 11.3 Å². The Morgan fingerprint density at radius 2 is 1.00 bits per heavy atom. The van der Waals surface area contributed by atoms with Crippen molar-refractivity contribution in [3.8, 4) is 0 Å². The maximum absolute atomic E-state index is 2.18. The van der Waals surface area contributed by atoms with Gasteiger partial charge in [-0.3, -0.25) is 0 Å². The summed E-state index contributed by atoms with van der Waals surface area (Å²) in [5.74, 6) is 0. The molecule has 3 aromatic rings. The number of hydrogen-bond acceptors (Lipinski definition) is 1. The van der Waals surface area contributed by atoms with Crippen molar-refractivity contribution in [3.63, 3.8) is 0 Å². The molecule has 0 saturated carbocycles. The van der Waals surface area contributed by atoms with Crippen molar-refractivity contribution in [2.75, 3.05) is 0 Å². The molecule has 0 aliphatic heterocycles. The second-order valence-corrected chi connectivity index (χ2v) is 4.73. The van der Waals surface area contributed by atoms with Crippen LogP contribution in [0.1, 0.15) is 0 Å². The molecule has 1 aromatic heterocycles. The van der Waals surface area contributed by atoms with Gasteiger partial charge in [0.2, 0.25) is 0 Å². The van der Waals surface area contributed by atoms with E-state index in [-0.39, 0.29) is 0 Å². The van der Waals surface area contributed by atoms with Crippen LogP contribution >= 0.6 is 11.3 Å². The van der Waals surface area contributed by atoms with E-state index < -0.39 is 0 Å². The maximum atomic E-state index is 2.18. The third kappa shape index (κ3) is 2.02. The van der Waals surface area contributed by atoms with Gasteiger partial charge in [0.15, 0.2) is 0 Å². The second kappa shape index (κ2) is 4.56. The van der Waals surface area contributed by atoms with Crippen LogP contribution in [-0.4, -0.2) is 0 Å². The van der Waals surface area contributed by atoms with E-state index in [2.05, 4.69) is 71.4 Å².